The van der Waals surface area contributed by atoms with Crippen molar-refractivity contribution < 1.29 is 19.4 Å². The van der Waals surface area contributed by atoms with Gasteiger partial charge in [-0.2, -0.15) is 0 Å². The normalized spacial score (nSPS) is 30.1. The Bertz CT molecular complexity index is 685. The van der Waals surface area contributed by atoms with Crippen molar-refractivity contribution in [3.63, 3.8) is 0 Å². The topological polar surface area (TPSA) is 75.1 Å². The number of nitrogens with zero attached hydrogens (tertiary/aromatic N) is 3. The van der Waals surface area contributed by atoms with Gasteiger partial charge in [0.05, 0.1) is 6.10 Å². The highest BCUT2D eigenvalue weighted by Crippen LogP contribution is 2.36. The molecule has 3 fully saturated rings. The fraction of sp³-hybridized carbons (Fsp3) is 0.700. The monoisotopic (exact) mass is 375 g/mol. The van der Waals surface area contributed by atoms with E-state index in [1.165, 1.54) is 0 Å². The Balaban J connectivity index is 1.43. The van der Waals surface area contributed by atoms with Gasteiger partial charge in [-0.05, 0) is 39.7 Å². The molecule has 3 heterocycles. The van der Waals surface area contributed by atoms with E-state index < -0.39 is 5.60 Å². The third kappa shape index (κ3) is 3.98. The molecule has 2 atom stereocenters. The van der Waals surface area contributed by atoms with Crippen molar-refractivity contribution in [1.82, 2.24) is 9.88 Å². The van der Waals surface area contributed by atoms with Gasteiger partial charge >= 0.3 is 6.09 Å². The van der Waals surface area contributed by atoms with Crippen LogP contribution in [0.3, 0.4) is 0 Å². The molecule has 0 aromatic carbocycles. The van der Waals surface area contributed by atoms with Crippen molar-refractivity contribution >= 4 is 11.8 Å². The first-order valence-corrected chi connectivity index (χ1v) is 9.85. The van der Waals surface area contributed by atoms with Crippen molar-refractivity contribution in [2.45, 2.75) is 76.3 Å². The first kappa shape index (κ1) is 18.3. The summed E-state index contributed by atoms with van der Waals surface area (Å²) in [4.78, 5) is 21.0. The Morgan fingerprint density at radius 3 is 2.48 bits per heavy atom. The van der Waals surface area contributed by atoms with Crippen LogP contribution in [-0.2, 0) is 4.74 Å². The fourth-order valence-electron chi connectivity index (χ4n) is 4.23. The summed E-state index contributed by atoms with van der Waals surface area (Å²) in [7, 11) is 0. The Morgan fingerprint density at radius 2 is 1.89 bits per heavy atom. The van der Waals surface area contributed by atoms with E-state index in [2.05, 4.69) is 9.88 Å². The number of carbonyl (C=O) groups excluding carboxylic acids is 1. The number of ether oxygens (including phenoxy) is 2. The number of fused-ring (bicyclic) bond motifs is 2. The first-order valence-electron chi connectivity index (χ1n) is 9.85. The average Bonchev–Trinajstić information content (AvgIpc) is 2.82. The average molecular weight is 375 g/mol. The number of hydrogen-bond acceptors (Lipinski definition) is 6. The number of amides is 1. The van der Waals surface area contributed by atoms with E-state index in [0.29, 0.717) is 31.8 Å². The number of likely N-dealkylation sites (tertiary alicyclic amines) is 1. The Morgan fingerprint density at radius 1 is 1.22 bits per heavy atom. The van der Waals surface area contributed by atoms with Crippen LogP contribution in [0.1, 0.15) is 46.5 Å². The van der Waals surface area contributed by atoms with Gasteiger partial charge in [-0.1, -0.05) is 0 Å². The van der Waals surface area contributed by atoms with Crippen molar-refractivity contribution in [1.29, 1.82) is 0 Å². The third-order valence-electron chi connectivity index (χ3n) is 5.51. The van der Waals surface area contributed by atoms with Crippen LogP contribution in [0.4, 0.5) is 10.5 Å². The van der Waals surface area contributed by atoms with Crippen LogP contribution >= 0.6 is 0 Å². The number of piperazine rings is 1. The molecule has 2 saturated heterocycles. The fourth-order valence-corrected chi connectivity index (χ4v) is 4.23. The van der Waals surface area contributed by atoms with Gasteiger partial charge in [0.1, 0.15) is 11.7 Å². The zero-order valence-corrected chi connectivity index (χ0v) is 16.3. The maximum absolute atomic E-state index is 12.5. The predicted octanol–water partition coefficient (Wildman–Crippen LogP) is 2.57. The Labute approximate surface area is 160 Å². The van der Waals surface area contributed by atoms with Crippen LogP contribution in [-0.4, -0.2) is 64.1 Å². The van der Waals surface area contributed by atoms with Gasteiger partial charge in [-0.25, -0.2) is 9.78 Å². The molecule has 0 spiro atoms. The molecule has 2 unspecified atom stereocenters. The van der Waals surface area contributed by atoms with E-state index in [0.717, 1.165) is 18.5 Å². The molecule has 7 heteroatoms. The molecule has 2 aliphatic heterocycles. The summed E-state index contributed by atoms with van der Waals surface area (Å²) in [5, 5.41) is 9.42. The minimum atomic E-state index is -0.473. The van der Waals surface area contributed by atoms with E-state index in [9.17, 15) is 9.90 Å². The lowest BCUT2D eigenvalue weighted by Gasteiger charge is -2.42. The number of rotatable bonds is 3. The van der Waals surface area contributed by atoms with Gasteiger partial charge in [-0.15, -0.1) is 0 Å². The van der Waals surface area contributed by atoms with Crippen molar-refractivity contribution in [3.8, 4) is 5.88 Å². The molecule has 3 aliphatic rings. The molecule has 2 bridgehead atoms. The van der Waals surface area contributed by atoms with E-state index in [4.69, 9.17) is 9.47 Å². The van der Waals surface area contributed by atoms with E-state index in [-0.39, 0.29) is 30.4 Å². The van der Waals surface area contributed by atoms with Gasteiger partial charge in [-0.3, -0.25) is 0 Å². The van der Waals surface area contributed by atoms with Gasteiger partial charge in [0, 0.05) is 56.0 Å². The van der Waals surface area contributed by atoms with E-state index in [1.54, 1.807) is 6.20 Å². The molecule has 1 amide bonds. The molecule has 1 aliphatic carbocycles. The predicted molar refractivity (Wildman–Crippen MR) is 101 cm³/mol. The van der Waals surface area contributed by atoms with Crippen LogP contribution in [0.2, 0.25) is 0 Å². The van der Waals surface area contributed by atoms with Crippen LogP contribution in [0.15, 0.2) is 18.3 Å². The summed E-state index contributed by atoms with van der Waals surface area (Å²) in [6.07, 6.45) is 4.85. The Hall–Kier alpha value is -2.02. The summed E-state index contributed by atoms with van der Waals surface area (Å²) in [5.74, 6) is 0.610. The highest BCUT2D eigenvalue weighted by Gasteiger charge is 2.42. The highest BCUT2D eigenvalue weighted by molar-refractivity contribution is 5.69. The lowest BCUT2D eigenvalue weighted by Crippen LogP contribution is -2.56. The zero-order chi connectivity index (χ0) is 19.2. The van der Waals surface area contributed by atoms with Crippen LogP contribution < -0.4 is 9.64 Å². The molecule has 27 heavy (non-hydrogen) atoms. The minimum Gasteiger partial charge on any atom is -0.474 e. The third-order valence-corrected chi connectivity index (χ3v) is 5.51. The lowest BCUT2D eigenvalue weighted by atomic mass is 9.92. The largest absolute Gasteiger partial charge is 0.474 e. The number of aliphatic hydroxyl groups is 1. The molecule has 0 radical (unpaired) electrons. The maximum Gasteiger partial charge on any atom is 0.410 e. The summed E-state index contributed by atoms with van der Waals surface area (Å²) in [6, 6.07) is 4.57. The van der Waals surface area contributed by atoms with Gasteiger partial charge in [0.25, 0.3) is 0 Å². The standard InChI is InChI=1S/C20H29N3O4/c1-20(2,3)27-19(25)22-11-14-4-5-15(12-22)23(14)13-6-7-21-18(8-13)26-17-9-16(24)10-17/h6-8,14-17,24H,4-5,9-12H2,1-3H3. The number of pyridine rings is 1. The number of anilines is 1. The molecule has 1 saturated carbocycles. The molecule has 4 rings (SSSR count). The lowest BCUT2D eigenvalue weighted by molar-refractivity contribution is -0.0128. The van der Waals surface area contributed by atoms with Crippen molar-refractivity contribution in [3.05, 3.63) is 18.3 Å². The van der Waals surface area contributed by atoms with E-state index in [1.807, 2.05) is 37.8 Å². The molecular formula is C20H29N3O4. The number of hydrogen-bond donors (Lipinski definition) is 1. The second-order valence-corrected chi connectivity index (χ2v) is 8.89. The van der Waals surface area contributed by atoms with Crippen molar-refractivity contribution in [2.24, 2.45) is 0 Å². The minimum absolute atomic E-state index is 0.0588. The van der Waals surface area contributed by atoms with Gasteiger partial charge in [0.2, 0.25) is 5.88 Å². The second-order valence-electron chi connectivity index (χ2n) is 8.89. The maximum atomic E-state index is 12.5. The summed E-state index contributed by atoms with van der Waals surface area (Å²) in [5.41, 5.74) is 0.621. The number of aromatic nitrogens is 1. The zero-order valence-electron chi connectivity index (χ0n) is 16.3. The molecule has 1 aromatic rings. The number of carbonyl (C=O) groups is 1. The van der Waals surface area contributed by atoms with Crippen LogP contribution in [0.5, 0.6) is 5.88 Å². The van der Waals surface area contributed by atoms with Gasteiger partial charge in [0.15, 0.2) is 0 Å². The van der Waals surface area contributed by atoms with Crippen LogP contribution in [0.25, 0.3) is 0 Å². The molecule has 1 aromatic heterocycles. The highest BCUT2D eigenvalue weighted by atomic mass is 16.6. The molecule has 148 valence electrons. The quantitative estimate of drug-likeness (QED) is 0.875. The Kier molecular flexibility index (Phi) is 4.66. The van der Waals surface area contributed by atoms with E-state index >= 15 is 0 Å². The first-order chi connectivity index (χ1) is 12.8. The summed E-state index contributed by atoms with van der Waals surface area (Å²) < 4.78 is 11.4. The number of aliphatic hydroxyl groups excluding tert-OH is 1. The van der Waals surface area contributed by atoms with Crippen LogP contribution in [0, 0.1) is 0 Å². The SMILES string of the molecule is CC(C)(C)OC(=O)N1CC2CCC(C1)N2c1ccnc(OC2CC(O)C2)c1. The van der Waals surface area contributed by atoms with Gasteiger partial charge < -0.3 is 24.4 Å². The summed E-state index contributed by atoms with van der Waals surface area (Å²) >= 11 is 0. The molecule has 7 nitrogen and oxygen atoms in total. The second kappa shape index (κ2) is 6.86. The molecule has 1 N–H and O–H groups in total. The summed E-state index contributed by atoms with van der Waals surface area (Å²) in [6.45, 7) is 7.05. The van der Waals surface area contributed by atoms with Crippen molar-refractivity contribution in [2.75, 3.05) is 18.0 Å². The smallest absolute Gasteiger partial charge is 0.410 e. The molecular weight excluding hydrogens is 346 g/mol.